The Morgan fingerprint density at radius 3 is 2.55 bits per heavy atom. The van der Waals surface area contributed by atoms with Gasteiger partial charge >= 0.3 is 6.18 Å². The van der Waals surface area contributed by atoms with Crippen LogP contribution >= 0.6 is 0 Å². The number of aromatic nitrogens is 4. The minimum absolute atomic E-state index is 0.00481. The molecule has 3 heterocycles. The zero-order valence-corrected chi connectivity index (χ0v) is 20.8. The molecule has 2 aliphatic rings. The van der Waals surface area contributed by atoms with E-state index in [1.54, 1.807) is 35.7 Å². The summed E-state index contributed by atoms with van der Waals surface area (Å²) in [6.07, 6.45) is 0.113. The van der Waals surface area contributed by atoms with Crippen molar-refractivity contribution in [2.24, 2.45) is 11.1 Å². The Labute approximate surface area is 216 Å². The van der Waals surface area contributed by atoms with Crippen LogP contribution in [0.1, 0.15) is 52.9 Å². The SMILES string of the molecule is CC#CC(=O)N1CC2(CC(n3nc(-c4cnn(Cc5cc(C)cc(C(F)(F)F)c5)c4)c(C(N)=O)c3N)C2)C1. The number of hydrogen-bond acceptors (Lipinski definition) is 5. The van der Waals surface area contributed by atoms with Gasteiger partial charge in [0.05, 0.1) is 24.3 Å². The van der Waals surface area contributed by atoms with Gasteiger partial charge in [-0.3, -0.25) is 14.3 Å². The lowest BCUT2D eigenvalue weighted by atomic mass is 9.60. The lowest BCUT2D eigenvalue weighted by Gasteiger charge is -2.58. The quantitative estimate of drug-likeness (QED) is 0.496. The number of aryl methyl sites for hydroxylation is 1. The second kappa shape index (κ2) is 8.93. The number of nitrogen functional groups attached to an aromatic ring is 1. The van der Waals surface area contributed by atoms with E-state index < -0.39 is 17.6 Å². The molecule has 1 spiro atoms. The van der Waals surface area contributed by atoms with Crippen molar-refractivity contribution in [2.45, 2.75) is 45.5 Å². The van der Waals surface area contributed by atoms with Crippen LogP contribution < -0.4 is 11.5 Å². The van der Waals surface area contributed by atoms with Gasteiger partial charge in [0, 0.05) is 30.3 Å². The zero-order valence-electron chi connectivity index (χ0n) is 20.8. The first-order valence-electron chi connectivity index (χ1n) is 12.0. The monoisotopic (exact) mass is 525 g/mol. The van der Waals surface area contributed by atoms with Crippen molar-refractivity contribution in [3.63, 3.8) is 0 Å². The van der Waals surface area contributed by atoms with Crippen molar-refractivity contribution < 1.29 is 22.8 Å². The van der Waals surface area contributed by atoms with E-state index in [4.69, 9.17) is 11.5 Å². The highest BCUT2D eigenvalue weighted by atomic mass is 19.4. The van der Waals surface area contributed by atoms with Crippen LogP contribution in [-0.2, 0) is 17.5 Å². The van der Waals surface area contributed by atoms with E-state index in [2.05, 4.69) is 22.0 Å². The van der Waals surface area contributed by atoms with Crippen molar-refractivity contribution in [1.29, 1.82) is 0 Å². The fourth-order valence-electron chi connectivity index (χ4n) is 5.51. The molecule has 0 unspecified atom stereocenters. The maximum absolute atomic E-state index is 13.2. The second-order valence-corrected chi connectivity index (χ2v) is 10.1. The third kappa shape index (κ3) is 4.49. The number of primary amides is 1. The molecule has 2 fully saturated rings. The van der Waals surface area contributed by atoms with Gasteiger partial charge in [-0.05, 0) is 50.3 Å². The number of carbonyl (C=O) groups excluding carboxylic acids is 2. The first kappa shape index (κ1) is 25.4. The van der Waals surface area contributed by atoms with Crippen molar-refractivity contribution >= 4 is 17.6 Å². The summed E-state index contributed by atoms with van der Waals surface area (Å²) in [6.45, 7) is 4.56. The molecule has 1 aromatic carbocycles. The van der Waals surface area contributed by atoms with Gasteiger partial charge in [0.2, 0.25) is 0 Å². The molecular weight excluding hydrogens is 499 g/mol. The van der Waals surface area contributed by atoms with Crippen LogP contribution in [0.5, 0.6) is 0 Å². The van der Waals surface area contributed by atoms with E-state index in [1.165, 1.54) is 10.9 Å². The number of rotatable bonds is 5. The fraction of sp³-hybridized carbons (Fsp3) is 0.385. The Morgan fingerprint density at radius 1 is 1.21 bits per heavy atom. The van der Waals surface area contributed by atoms with Crippen molar-refractivity contribution in [2.75, 3.05) is 18.8 Å². The highest BCUT2D eigenvalue weighted by molar-refractivity contribution is 6.03. The number of benzene rings is 1. The molecule has 38 heavy (non-hydrogen) atoms. The summed E-state index contributed by atoms with van der Waals surface area (Å²) in [5, 5.41) is 8.86. The highest BCUT2D eigenvalue weighted by Gasteiger charge is 2.54. The molecule has 0 radical (unpaired) electrons. The predicted molar refractivity (Wildman–Crippen MR) is 132 cm³/mol. The molecule has 1 saturated carbocycles. The van der Waals surface area contributed by atoms with Crippen LogP contribution in [0, 0.1) is 24.2 Å². The number of halogens is 3. The normalized spacial score (nSPS) is 16.5. The number of nitrogens with two attached hydrogens (primary N) is 2. The van der Waals surface area contributed by atoms with Crippen LogP contribution in [-0.4, -0.2) is 49.4 Å². The average molecular weight is 526 g/mol. The number of anilines is 1. The van der Waals surface area contributed by atoms with Crippen molar-refractivity contribution in [3.05, 3.63) is 52.8 Å². The first-order valence-corrected chi connectivity index (χ1v) is 12.0. The Kier molecular flexibility index (Phi) is 5.97. The van der Waals surface area contributed by atoms with E-state index in [1.807, 2.05) is 0 Å². The number of carbonyl (C=O) groups is 2. The molecule has 3 aromatic rings. The first-order chi connectivity index (χ1) is 17.9. The summed E-state index contributed by atoms with van der Waals surface area (Å²) in [6, 6.07) is 3.79. The third-order valence-corrected chi connectivity index (χ3v) is 7.16. The minimum Gasteiger partial charge on any atom is -0.383 e. The van der Waals surface area contributed by atoms with Crippen LogP contribution in [0.15, 0.2) is 30.6 Å². The minimum atomic E-state index is -4.45. The van der Waals surface area contributed by atoms with Crippen LogP contribution in [0.25, 0.3) is 11.3 Å². The largest absolute Gasteiger partial charge is 0.416 e. The number of hydrogen-bond donors (Lipinski definition) is 2. The van der Waals surface area contributed by atoms with Crippen molar-refractivity contribution in [3.8, 4) is 23.1 Å². The molecule has 12 heteroatoms. The maximum atomic E-state index is 13.2. The standard InChI is InChI=1S/C26H26F3N7O2/c1-3-4-20(37)34-13-25(14-34)8-19(9-25)36-23(30)21(24(31)38)22(33-36)17-10-32-35(12-17)11-16-5-15(2)6-18(7-16)26(27,28)29/h5-7,10,12,19H,8-9,11,13-14,30H2,1-2H3,(H2,31,38). The van der Waals surface area contributed by atoms with Gasteiger partial charge in [-0.25, -0.2) is 4.68 Å². The topological polar surface area (TPSA) is 125 Å². The number of amides is 2. The van der Waals surface area contributed by atoms with E-state index in [0.29, 0.717) is 29.8 Å². The summed E-state index contributed by atoms with van der Waals surface area (Å²) < 4.78 is 42.7. The molecule has 0 atom stereocenters. The van der Waals surface area contributed by atoms with Gasteiger partial charge in [0.25, 0.3) is 11.8 Å². The highest BCUT2D eigenvalue weighted by Crippen LogP contribution is 2.54. The second-order valence-electron chi connectivity index (χ2n) is 10.1. The van der Waals surface area contributed by atoms with E-state index in [9.17, 15) is 22.8 Å². The number of nitrogens with zero attached hydrogens (tertiary/aromatic N) is 5. The lowest BCUT2D eigenvalue weighted by molar-refractivity contribution is -0.148. The Bertz CT molecular complexity index is 1490. The summed E-state index contributed by atoms with van der Waals surface area (Å²) in [5.74, 6) is 4.39. The lowest BCUT2D eigenvalue weighted by Crippen LogP contribution is -2.63. The van der Waals surface area contributed by atoms with Crippen LogP contribution in [0.4, 0.5) is 19.0 Å². The maximum Gasteiger partial charge on any atom is 0.416 e. The van der Waals surface area contributed by atoms with Gasteiger partial charge < -0.3 is 16.4 Å². The molecular formula is C26H26F3N7O2. The zero-order chi connectivity index (χ0) is 27.4. The summed E-state index contributed by atoms with van der Waals surface area (Å²) in [7, 11) is 0. The average Bonchev–Trinajstić information content (AvgIpc) is 3.35. The summed E-state index contributed by atoms with van der Waals surface area (Å²) in [4.78, 5) is 25.9. The fourth-order valence-corrected chi connectivity index (χ4v) is 5.51. The number of likely N-dealkylation sites (tertiary alicyclic amines) is 1. The molecule has 0 bridgehead atoms. The molecule has 2 aromatic heterocycles. The van der Waals surface area contributed by atoms with Gasteiger partial charge in [-0.2, -0.15) is 23.4 Å². The Balaban J connectivity index is 1.35. The van der Waals surface area contributed by atoms with Crippen LogP contribution in [0.2, 0.25) is 0 Å². The van der Waals surface area contributed by atoms with Gasteiger partial charge in [0.1, 0.15) is 17.1 Å². The molecule has 2 amide bonds. The molecule has 198 valence electrons. The Morgan fingerprint density at radius 2 is 1.92 bits per heavy atom. The Hall–Kier alpha value is -4.27. The predicted octanol–water partition coefficient (Wildman–Crippen LogP) is 2.99. The molecule has 5 rings (SSSR count). The van der Waals surface area contributed by atoms with Crippen LogP contribution in [0.3, 0.4) is 0 Å². The molecule has 1 saturated heterocycles. The van der Waals surface area contributed by atoms with Gasteiger partial charge in [-0.15, -0.1) is 0 Å². The van der Waals surface area contributed by atoms with E-state index in [-0.39, 0.29) is 41.0 Å². The third-order valence-electron chi connectivity index (χ3n) is 7.16. The molecule has 1 aliphatic carbocycles. The van der Waals surface area contributed by atoms with Gasteiger partial charge in [0.15, 0.2) is 0 Å². The van der Waals surface area contributed by atoms with Gasteiger partial charge in [-0.1, -0.05) is 17.6 Å². The van der Waals surface area contributed by atoms with E-state index >= 15 is 0 Å². The summed E-state index contributed by atoms with van der Waals surface area (Å²) in [5.41, 5.74) is 12.9. The molecule has 1 aliphatic heterocycles. The molecule has 9 nitrogen and oxygen atoms in total. The van der Waals surface area contributed by atoms with Crippen molar-refractivity contribution in [1.82, 2.24) is 24.5 Å². The molecule has 4 N–H and O–H groups in total. The smallest absolute Gasteiger partial charge is 0.383 e. The summed E-state index contributed by atoms with van der Waals surface area (Å²) >= 11 is 0. The number of alkyl halides is 3. The van der Waals surface area contributed by atoms with E-state index in [0.717, 1.165) is 25.0 Å².